The topological polar surface area (TPSA) is 49.7 Å². The highest BCUT2D eigenvalue weighted by molar-refractivity contribution is 9.10. The van der Waals surface area contributed by atoms with Gasteiger partial charge in [0, 0.05) is 16.6 Å². The smallest absolute Gasteiger partial charge is 0.164 e. The Kier molecular flexibility index (Phi) is 4.22. The molecule has 0 aromatic heterocycles. The SMILES string of the molecule is COc1c(O)ccc(Br)c1CCCO. The number of ether oxygens (including phenoxy) is 1. The lowest BCUT2D eigenvalue weighted by molar-refractivity contribution is 0.287. The molecule has 0 spiro atoms. The van der Waals surface area contributed by atoms with Crippen LogP contribution in [0.1, 0.15) is 12.0 Å². The van der Waals surface area contributed by atoms with Gasteiger partial charge >= 0.3 is 0 Å². The molecular formula is C10H13BrO3. The van der Waals surface area contributed by atoms with Gasteiger partial charge in [-0.2, -0.15) is 0 Å². The summed E-state index contributed by atoms with van der Waals surface area (Å²) in [6.07, 6.45) is 1.33. The highest BCUT2D eigenvalue weighted by Crippen LogP contribution is 2.35. The van der Waals surface area contributed by atoms with E-state index in [9.17, 15) is 5.11 Å². The highest BCUT2D eigenvalue weighted by Gasteiger charge is 2.11. The van der Waals surface area contributed by atoms with Crippen molar-refractivity contribution in [2.45, 2.75) is 12.8 Å². The van der Waals surface area contributed by atoms with Gasteiger partial charge in [-0.05, 0) is 25.0 Å². The summed E-state index contributed by atoms with van der Waals surface area (Å²) in [5, 5.41) is 18.2. The molecule has 0 unspecified atom stereocenters. The van der Waals surface area contributed by atoms with Gasteiger partial charge < -0.3 is 14.9 Å². The van der Waals surface area contributed by atoms with Crippen molar-refractivity contribution in [1.29, 1.82) is 0 Å². The Morgan fingerprint density at radius 3 is 2.71 bits per heavy atom. The van der Waals surface area contributed by atoms with Crippen LogP contribution in [-0.2, 0) is 6.42 Å². The summed E-state index contributed by atoms with van der Waals surface area (Å²) in [6.45, 7) is 0.130. The largest absolute Gasteiger partial charge is 0.504 e. The second-order valence-corrected chi connectivity index (χ2v) is 3.76. The summed E-state index contributed by atoms with van der Waals surface area (Å²) in [4.78, 5) is 0. The molecule has 0 atom stereocenters. The lowest BCUT2D eigenvalue weighted by Gasteiger charge is -2.11. The molecule has 4 heteroatoms. The maximum atomic E-state index is 9.51. The van der Waals surface area contributed by atoms with Gasteiger partial charge in [0.2, 0.25) is 0 Å². The summed E-state index contributed by atoms with van der Waals surface area (Å²) < 4.78 is 5.98. The molecule has 78 valence electrons. The van der Waals surface area contributed by atoms with Gasteiger partial charge in [-0.25, -0.2) is 0 Å². The summed E-state index contributed by atoms with van der Waals surface area (Å²) in [5.74, 6) is 0.608. The second kappa shape index (κ2) is 5.22. The van der Waals surface area contributed by atoms with Gasteiger partial charge in [-0.1, -0.05) is 15.9 Å². The number of phenolic OH excluding ortho intramolecular Hbond substituents is 1. The van der Waals surface area contributed by atoms with Crippen molar-refractivity contribution in [3.63, 3.8) is 0 Å². The van der Waals surface area contributed by atoms with Crippen molar-refractivity contribution in [2.75, 3.05) is 13.7 Å². The number of hydrogen-bond donors (Lipinski definition) is 2. The van der Waals surface area contributed by atoms with Crippen LogP contribution in [0.25, 0.3) is 0 Å². The third-order valence-corrected chi connectivity index (χ3v) is 2.71. The van der Waals surface area contributed by atoms with Crippen molar-refractivity contribution in [3.8, 4) is 11.5 Å². The third kappa shape index (κ3) is 2.39. The number of halogens is 1. The zero-order chi connectivity index (χ0) is 10.6. The molecule has 2 N–H and O–H groups in total. The third-order valence-electron chi connectivity index (χ3n) is 1.97. The predicted octanol–water partition coefficient (Wildman–Crippen LogP) is 2.09. The molecule has 1 aromatic carbocycles. The highest BCUT2D eigenvalue weighted by atomic mass is 79.9. The Morgan fingerprint density at radius 1 is 1.43 bits per heavy atom. The molecule has 0 radical (unpaired) electrons. The van der Waals surface area contributed by atoms with E-state index in [1.54, 1.807) is 12.1 Å². The van der Waals surface area contributed by atoms with Crippen molar-refractivity contribution < 1.29 is 14.9 Å². The van der Waals surface area contributed by atoms with E-state index in [1.807, 2.05) is 0 Å². The van der Waals surface area contributed by atoms with E-state index in [0.717, 1.165) is 10.0 Å². The average molecular weight is 261 g/mol. The molecule has 0 saturated heterocycles. The second-order valence-electron chi connectivity index (χ2n) is 2.91. The fraction of sp³-hybridized carbons (Fsp3) is 0.400. The van der Waals surface area contributed by atoms with E-state index < -0.39 is 0 Å². The van der Waals surface area contributed by atoms with Gasteiger partial charge in [-0.3, -0.25) is 0 Å². The Bertz CT molecular complexity index is 312. The minimum Gasteiger partial charge on any atom is -0.504 e. The van der Waals surface area contributed by atoms with Crippen LogP contribution < -0.4 is 4.74 Å². The number of phenols is 1. The molecule has 0 aliphatic carbocycles. The van der Waals surface area contributed by atoms with E-state index in [0.29, 0.717) is 18.6 Å². The molecular weight excluding hydrogens is 248 g/mol. The number of aromatic hydroxyl groups is 1. The maximum absolute atomic E-state index is 9.51. The maximum Gasteiger partial charge on any atom is 0.164 e. The van der Waals surface area contributed by atoms with Crippen molar-refractivity contribution >= 4 is 15.9 Å². The van der Waals surface area contributed by atoms with E-state index in [1.165, 1.54) is 7.11 Å². The fourth-order valence-corrected chi connectivity index (χ4v) is 1.82. The number of aliphatic hydroxyl groups is 1. The Morgan fingerprint density at radius 2 is 2.14 bits per heavy atom. The number of benzene rings is 1. The summed E-state index contributed by atoms with van der Waals surface area (Å²) in [5.41, 5.74) is 0.890. The number of rotatable bonds is 4. The predicted molar refractivity (Wildman–Crippen MR) is 57.8 cm³/mol. The number of aliphatic hydroxyl groups excluding tert-OH is 1. The van der Waals surface area contributed by atoms with Crippen LogP contribution in [0.3, 0.4) is 0 Å². The first-order chi connectivity index (χ1) is 6.70. The van der Waals surface area contributed by atoms with Gasteiger partial charge in [-0.15, -0.1) is 0 Å². The molecule has 3 nitrogen and oxygen atoms in total. The molecule has 1 rings (SSSR count). The van der Waals surface area contributed by atoms with E-state index >= 15 is 0 Å². The normalized spacial score (nSPS) is 10.2. The molecule has 0 aliphatic rings. The van der Waals surface area contributed by atoms with Crippen molar-refractivity contribution in [3.05, 3.63) is 22.2 Å². The first kappa shape index (κ1) is 11.3. The van der Waals surface area contributed by atoms with Gasteiger partial charge in [0.25, 0.3) is 0 Å². The van der Waals surface area contributed by atoms with E-state index in [4.69, 9.17) is 9.84 Å². The van der Waals surface area contributed by atoms with Crippen LogP contribution in [0.15, 0.2) is 16.6 Å². The van der Waals surface area contributed by atoms with Crippen LogP contribution in [-0.4, -0.2) is 23.9 Å². The molecule has 14 heavy (non-hydrogen) atoms. The minimum absolute atomic E-state index is 0.128. The lowest BCUT2D eigenvalue weighted by Crippen LogP contribution is -1.96. The van der Waals surface area contributed by atoms with Gasteiger partial charge in [0.1, 0.15) is 0 Å². The van der Waals surface area contributed by atoms with Crippen LogP contribution >= 0.6 is 15.9 Å². The van der Waals surface area contributed by atoms with Gasteiger partial charge in [0.05, 0.1) is 7.11 Å². The monoisotopic (exact) mass is 260 g/mol. The number of methoxy groups -OCH3 is 1. The Balaban J connectivity index is 3.03. The molecule has 0 fully saturated rings. The quantitative estimate of drug-likeness (QED) is 0.872. The lowest BCUT2D eigenvalue weighted by atomic mass is 10.1. The molecule has 0 bridgehead atoms. The average Bonchev–Trinajstić information content (AvgIpc) is 2.19. The minimum atomic E-state index is 0.128. The van der Waals surface area contributed by atoms with Gasteiger partial charge in [0.15, 0.2) is 11.5 Å². The summed E-state index contributed by atoms with van der Waals surface area (Å²) >= 11 is 3.38. The number of hydrogen-bond acceptors (Lipinski definition) is 3. The van der Waals surface area contributed by atoms with E-state index in [2.05, 4.69) is 15.9 Å². The molecule has 0 saturated carbocycles. The first-order valence-corrected chi connectivity index (χ1v) is 5.15. The van der Waals surface area contributed by atoms with Crippen LogP contribution in [0.2, 0.25) is 0 Å². The first-order valence-electron chi connectivity index (χ1n) is 4.36. The molecule has 1 aromatic rings. The van der Waals surface area contributed by atoms with Crippen LogP contribution in [0.4, 0.5) is 0 Å². The standard InChI is InChI=1S/C10H13BrO3/c1-14-10-7(3-2-6-12)8(11)4-5-9(10)13/h4-5,12-13H,2-3,6H2,1H3. The zero-order valence-corrected chi connectivity index (χ0v) is 9.54. The zero-order valence-electron chi connectivity index (χ0n) is 7.96. The Labute approximate surface area is 91.5 Å². The van der Waals surface area contributed by atoms with Crippen molar-refractivity contribution in [1.82, 2.24) is 0 Å². The van der Waals surface area contributed by atoms with Crippen LogP contribution in [0, 0.1) is 0 Å². The van der Waals surface area contributed by atoms with E-state index in [-0.39, 0.29) is 12.4 Å². The van der Waals surface area contributed by atoms with Crippen molar-refractivity contribution in [2.24, 2.45) is 0 Å². The summed E-state index contributed by atoms with van der Waals surface area (Å²) in [6, 6.07) is 3.34. The Hall–Kier alpha value is -0.740. The summed E-state index contributed by atoms with van der Waals surface area (Å²) in [7, 11) is 1.52. The molecule has 0 heterocycles. The molecule has 0 amide bonds. The fourth-order valence-electron chi connectivity index (χ4n) is 1.31. The molecule has 0 aliphatic heterocycles. The van der Waals surface area contributed by atoms with Crippen LogP contribution in [0.5, 0.6) is 11.5 Å².